The Morgan fingerprint density at radius 1 is 1.31 bits per heavy atom. The molecule has 2 nitrogen and oxygen atoms in total. The Kier molecular flexibility index (Phi) is 4.67. The van der Waals surface area contributed by atoms with Crippen molar-refractivity contribution in [3.63, 3.8) is 0 Å². The molecular formula is C13H18BrNO. The number of ether oxygens (including phenoxy) is 1. The molecule has 1 heterocycles. The van der Waals surface area contributed by atoms with E-state index in [-0.39, 0.29) is 0 Å². The molecule has 2 rings (SSSR count). The Balaban J connectivity index is 1.62. The average molecular weight is 284 g/mol. The number of benzene rings is 1. The average Bonchev–Trinajstić information content (AvgIpc) is 2.80. The monoisotopic (exact) mass is 283 g/mol. The van der Waals surface area contributed by atoms with Crippen LogP contribution in [0.3, 0.4) is 0 Å². The van der Waals surface area contributed by atoms with E-state index in [0.717, 1.165) is 29.3 Å². The normalized spacial score (nSPS) is 19.9. The zero-order valence-corrected chi connectivity index (χ0v) is 11.0. The molecule has 3 heteroatoms. The number of hydrogen-bond donors (Lipinski definition) is 1. The van der Waals surface area contributed by atoms with E-state index in [1.165, 1.54) is 25.8 Å². The molecule has 1 N–H and O–H groups in total. The second kappa shape index (κ2) is 6.26. The molecular weight excluding hydrogens is 266 g/mol. The number of rotatable bonds is 5. The lowest BCUT2D eigenvalue weighted by Crippen LogP contribution is -2.21. The predicted octanol–water partition coefficient (Wildman–Crippen LogP) is 3.36. The van der Waals surface area contributed by atoms with Crippen molar-refractivity contribution in [1.82, 2.24) is 5.32 Å². The third-order valence-corrected chi connectivity index (χ3v) is 3.47. The van der Waals surface area contributed by atoms with Gasteiger partial charge in [0.1, 0.15) is 5.75 Å². The lowest BCUT2D eigenvalue weighted by Gasteiger charge is -2.10. The summed E-state index contributed by atoms with van der Waals surface area (Å²) in [5, 5.41) is 3.50. The van der Waals surface area contributed by atoms with E-state index in [0.29, 0.717) is 0 Å². The number of hydrogen-bond acceptors (Lipinski definition) is 2. The predicted molar refractivity (Wildman–Crippen MR) is 69.9 cm³/mol. The molecule has 16 heavy (non-hydrogen) atoms. The second-order valence-corrected chi connectivity index (χ2v) is 5.15. The topological polar surface area (TPSA) is 21.3 Å². The Labute approximate surface area is 106 Å². The van der Waals surface area contributed by atoms with Crippen LogP contribution >= 0.6 is 15.9 Å². The van der Waals surface area contributed by atoms with Gasteiger partial charge in [0, 0.05) is 10.5 Å². The van der Waals surface area contributed by atoms with E-state index in [9.17, 15) is 0 Å². The molecule has 1 aliphatic heterocycles. The first-order valence-corrected chi connectivity index (χ1v) is 6.75. The van der Waals surface area contributed by atoms with Crippen LogP contribution in [0.5, 0.6) is 5.75 Å². The molecule has 0 saturated carbocycles. The maximum absolute atomic E-state index is 5.67. The van der Waals surface area contributed by atoms with Gasteiger partial charge >= 0.3 is 0 Å². The first kappa shape index (κ1) is 11.9. The fraction of sp³-hybridized carbons (Fsp3) is 0.538. The summed E-state index contributed by atoms with van der Waals surface area (Å²) in [6.07, 6.45) is 5.03. The minimum Gasteiger partial charge on any atom is -0.494 e. The molecule has 1 aromatic carbocycles. The van der Waals surface area contributed by atoms with Gasteiger partial charge in [-0.15, -0.1) is 0 Å². The Morgan fingerprint density at radius 2 is 2.12 bits per heavy atom. The maximum atomic E-state index is 5.67. The van der Waals surface area contributed by atoms with Gasteiger partial charge in [0.2, 0.25) is 0 Å². The summed E-state index contributed by atoms with van der Waals surface area (Å²) in [5.74, 6) is 0.961. The van der Waals surface area contributed by atoms with Gasteiger partial charge in [0.05, 0.1) is 6.61 Å². The van der Waals surface area contributed by atoms with Crippen molar-refractivity contribution in [2.24, 2.45) is 0 Å². The molecule has 0 bridgehead atoms. The Hall–Kier alpha value is -0.540. The summed E-state index contributed by atoms with van der Waals surface area (Å²) >= 11 is 3.41. The van der Waals surface area contributed by atoms with Crippen LogP contribution in [0.25, 0.3) is 0 Å². The van der Waals surface area contributed by atoms with Gasteiger partial charge < -0.3 is 10.1 Å². The van der Waals surface area contributed by atoms with Crippen LogP contribution in [-0.4, -0.2) is 19.2 Å². The van der Waals surface area contributed by atoms with Gasteiger partial charge in [-0.25, -0.2) is 0 Å². The number of halogens is 1. The molecule has 88 valence electrons. The molecule has 1 atom stereocenters. The van der Waals surface area contributed by atoms with Gasteiger partial charge in [-0.3, -0.25) is 0 Å². The SMILES string of the molecule is Brc1ccc(OCCCC2CCCN2)cc1. The van der Waals surface area contributed by atoms with Crippen LogP contribution in [0.2, 0.25) is 0 Å². The van der Waals surface area contributed by atoms with E-state index >= 15 is 0 Å². The molecule has 1 aromatic rings. The minimum absolute atomic E-state index is 0.730. The molecule has 1 fully saturated rings. The molecule has 0 aromatic heterocycles. The smallest absolute Gasteiger partial charge is 0.119 e. The van der Waals surface area contributed by atoms with Crippen LogP contribution in [0.1, 0.15) is 25.7 Å². The van der Waals surface area contributed by atoms with E-state index < -0.39 is 0 Å². The fourth-order valence-electron chi connectivity index (χ4n) is 2.05. The van der Waals surface area contributed by atoms with Crippen molar-refractivity contribution >= 4 is 15.9 Å². The quantitative estimate of drug-likeness (QED) is 0.837. The van der Waals surface area contributed by atoms with Gasteiger partial charge in [0.15, 0.2) is 0 Å². The van der Waals surface area contributed by atoms with Crippen LogP contribution in [-0.2, 0) is 0 Å². The van der Waals surface area contributed by atoms with Crippen LogP contribution in [0.4, 0.5) is 0 Å². The summed E-state index contributed by atoms with van der Waals surface area (Å²) in [6.45, 7) is 2.01. The fourth-order valence-corrected chi connectivity index (χ4v) is 2.32. The second-order valence-electron chi connectivity index (χ2n) is 4.24. The Bertz CT molecular complexity index is 306. The third-order valence-electron chi connectivity index (χ3n) is 2.94. The highest BCUT2D eigenvalue weighted by molar-refractivity contribution is 9.10. The van der Waals surface area contributed by atoms with Gasteiger partial charge in [-0.1, -0.05) is 15.9 Å². The zero-order valence-electron chi connectivity index (χ0n) is 9.42. The van der Waals surface area contributed by atoms with Crippen LogP contribution in [0, 0.1) is 0 Å². The largest absolute Gasteiger partial charge is 0.494 e. The third kappa shape index (κ3) is 3.80. The van der Waals surface area contributed by atoms with Crippen LogP contribution in [0.15, 0.2) is 28.7 Å². The molecule has 0 spiro atoms. The molecule has 1 unspecified atom stereocenters. The lowest BCUT2D eigenvalue weighted by molar-refractivity contribution is 0.299. The van der Waals surface area contributed by atoms with Crippen molar-refractivity contribution in [3.8, 4) is 5.75 Å². The van der Waals surface area contributed by atoms with E-state index in [2.05, 4.69) is 21.2 Å². The summed E-state index contributed by atoms with van der Waals surface area (Å²) in [7, 11) is 0. The number of nitrogens with one attached hydrogen (secondary N) is 1. The molecule has 1 saturated heterocycles. The van der Waals surface area contributed by atoms with Crippen molar-refractivity contribution in [1.29, 1.82) is 0 Å². The summed E-state index contributed by atoms with van der Waals surface area (Å²) in [5.41, 5.74) is 0. The highest BCUT2D eigenvalue weighted by Crippen LogP contribution is 2.17. The minimum atomic E-state index is 0.730. The van der Waals surface area contributed by atoms with Gasteiger partial charge in [-0.2, -0.15) is 0 Å². The highest BCUT2D eigenvalue weighted by Gasteiger charge is 2.12. The van der Waals surface area contributed by atoms with E-state index in [1.807, 2.05) is 24.3 Å². The summed E-state index contributed by atoms with van der Waals surface area (Å²) in [4.78, 5) is 0. The Morgan fingerprint density at radius 3 is 2.81 bits per heavy atom. The van der Waals surface area contributed by atoms with Crippen molar-refractivity contribution in [2.75, 3.05) is 13.2 Å². The zero-order chi connectivity index (χ0) is 11.2. The van der Waals surface area contributed by atoms with Crippen molar-refractivity contribution in [2.45, 2.75) is 31.7 Å². The van der Waals surface area contributed by atoms with E-state index in [4.69, 9.17) is 4.74 Å². The van der Waals surface area contributed by atoms with Gasteiger partial charge in [0.25, 0.3) is 0 Å². The van der Waals surface area contributed by atoms with Crippen LogP contribution < -0.4 is 10.1 Å². The first-order chi connectivity index (χ1) is 7.84. The maximum Gasteiger partial charge on any atom is 0.119 e. The summed E-state index contributed by atoms with van der Waals surface area (Å²) < 4.78 is 6.76. The van der Waals surface area contributed by atoms with E-state index in [1.54, 1.807) is 0 Å². The lowest BCUT2D eigenvalue weighted by atomic mass is 10.1. The van der Waals surface area contributed by atoms with Crippen molar-refractivity contribution in [3.05, 3.63) is 28.7 Å². The molecule has 1 aliphatic rings. The molecule has 0 radical (unpaired) electrons. The highest BCUT2D eigenvalue weighted by atomic mass is 79.9. The standard InChI is InChI=1S/C13H18BrNO/c14-11-5-7-13(8-6-11)16-10-2-4-12-3-1-9-15-12/h5-8,12,15H,1-4,9-10H2. The van der Waals surface area contributed by atoms with Gasteiger partial charge in [-0.05, 0) is 56.5 Å². The van der Waals surface area contributed by atoms with Crippen molar-refractivity contribution < 1.29 is 4.74 Å². The first-order valence-electron chi connectivity index (χ1n) is 5.96. The molecule has 0 amide bonds. The molecule has 0 aliphatic carbocycles. The summed E-state index contributed by atoms with van der Waals surface area (Å²) in [6, 6.07) is 8.74.